The number of carbonyl (C=O) groups is 1. The molecule has 5 heteroatoms. The van der Waals surface area contributed by atoms with Gasteiger partial charge in [0, 0.05) is 24.2 Å². The number of urea groups is 1. The Morgan fingerprint density at radius 3 is 2.16 bits per heavy atom. The number of hydrogen-bond acceptors (Lipinski definition) is 2. The minimum Gasteiger partial charge on any atom is -0.338 e. The lowest BCUT2D eigenvalue weighted by Crippen LogP contribution is -2.30. The largest absolute Gasteiger partial charge is 0.338 e. The van der Waals surface area contributed by atoms with Crippen molar-refractivity contribution < 1.29 is 4.79 Å². The van der Waals surface area contributed by atoms with Gasteiger partial charge in [0.1, 0.15) is 0 Å². The van der Waals surface area contributed by atoms with Gasteiger partial charge in [0.25, 0.3) is 0 Å². The first-order valence-corrected chi connectivity index (χ1v) is 8.39. The van der Waals surface area contributed by atoms with E-state index in [4.69, 9.17) is 0 Å². The Bertz CT molecular complexity index is 759. The van der Waals surface area contributed by atoms with Crippen LogP contribution in [0.3, 0.4) is 0 Å². The Morgan fingerprint density at radius 2 is 1.64 bits per heavy atom. The average Bonchev–Trinajstić information content (AvgIpc) is 3.05. The van der Waals surface area contributed by atoms with Gasteiger partial charge in [0.05, 0.1) is 0 Å². The second-order valence-corrected chi connectivity index (χ2v) is 5.98. The Labute approximate surface area is 147 Å². The van der Waals surface area contributed by atoms with Crippen LogP contribution in [0.1, 0.15) is 29.2 Å². The lowest BCUT2D eigenvalue weighted by molar-refractivity contribution is 0.251. The van der Waals surface area contributed by atoms with Crippen LogP contribution in [0.5, 0.6) is 0 Å². The van der Waals surface area contributed by atoms with Crippen molar-refractivity contribution in [3.8, 4) is 0 Å². The molecule has 1 heterocycles. The molecule has 1 aromatic heterocycles. The summed E-state index contributed by atoms with van der Waals surface area (Å²) in [7, 11) is 0. The number of anilines is 1. The van der Waals surface area contributed by atoms with Gasteiger partial charge < -0.3 is 5.32 Å². The first kappa shape index (κ1) is 16.8. The van der Waals surface area contributed by atoms with E-state index in [0.717, 1.165) is 12.1 Å². The van der Waals surface area contributed by atoms with E-state index >= 15 is 0 Å². The molecule has 0 radical (unpaired) electrons. The molecular formula is C20H22N4O. The van der Waals surface area contributed by atoms with Gasteiger partial charge in [-0.3, -0.25) is 10.4 Å². The van der Waals surface area contributed by atoms with E-state index in [0.29, 0.717) is 12.4 Å². The standard InChI is InChI=1S/C20H22N4O/c1-15-14-19(24-23-15)22-20(25)21-13-12-18(16-8-4-2-5-9-16)17-10-6-3-7-11-17/h2-11,14,18H,12-13H2,1H3,(H3,21,22,23,24,25). The van der Waals surface area contributed by atoms with Gasteiger partial charge in [-0.25, -0.2) is 4.79 Å². The van der Waals surface area contributed by atoms with Gasteiger partial charge >= 0.3 is 6.03 Å². The maximum Gasteiger partial charge on any atom is 0.320 e. The third-order valence-corrected chi connectivity index (χ3v) is 4.07. The molecule has 2 amide bonds. The molecule has 5 nitrogen and oxygen atoms in total. The van der Waals surface area contributed by atoms with Crippen molar-refractivity contribution >= 4 is 11.8 Å². The second-order valence-electron chi connectivity index (χ2n) is 5.98. The first-order chi connectivity index (χ1) is 12.2. The highest BCUT2D eigenvalue weighted by atomic mass is 16.2. The maximum atomic E-state index is 12.0. The van der Waals surface area contributed by atoms with Gasteiger partial charge in [-0.2, -0.15) is 5.10 Å². The van der Waals surface area contributed by atoms with E-state index in [1.165, 1.54) is 11.1 Å². The van der Waals surface area contributed by atoms with Gasteiger partial charge in [0.15, 0.2) is 5.82 Å². The van der Waals surface area contributed by atoms with Gasteiger partial charge in [-0.05, 0) is 24.5 Å². The van der Waals surface area contributed by atoms with Crippen LogP contribution in [0.15, 0.2) is 66.7 Å². The molecule has 3 N–H and O–H groups in total. The highest BCUT2D eigenvalue weighted by molar-refractivity contribution is 5.88. The molecule has 2 aromatic carbocycles. The summed E-state index contributed by atoms with van der Waals surface area (Å²) in [5.41, 5.74) is 3.40. The van der Waals surface area contributed by atoms with Gasteiger partial charge in [-0.1, -0.05) is 60.7 Å². The Morgan fingerprint density at radius 1 is 1.04 bits per heavy atom. The molecule has 0 aliphatic heterocycles. The maximum absolute atomic E-state index is 12.0. The minimum absolute atomic E-state index is 0.244. The van der Waals surface area contributed by atoms with Crippen molar-refractivity contribution in [1.82, 2.24) is 15.5 Å². The predicted molar refractivity (Wildman–Crippen MR) is 99.7 cm³/mol. The van der Waals surface area contributed by atoms with Crippen LogP contribution in [-0.2, 0) is 0 Å². The number of nitrogens with zero attached hydrogens (tertiary/aromatic N) is 1. The molecule has 0 atom stereocenters. The number of H-pyrrole nitrogens is 1. The zero-order valence-corrected chi connectivity index (χ0v) is 14.2. The van der Waals surface area contributed by atoms with E-state index < -0.39 is 0 Å². The Kier molecular flexibility index (Phi) is 5.46. The van der Waals surface area contributed by atoms with E-state index in [1.54, 1.807) is 6.07 Å². The SMILES string of the molecule is Cc1cc(NC(=O)NCCC(c2ccccc2)c2ccccc2)n[nH]1. The second kappa shape index (κ2) is 8.15. The first-order valence-electron chi connectivity index (χ1n) is 8.39. The average molecular weight is 334 g/mol. The number of rotatable bonds is 6. The molecule has 0 bridgehead atoms. The van der Waals surface area contributed by atoms with Crippen LogP contribution >= 0.6 is 0 Å². The topological polar surface area (TPSA) is 69.8 Å². The molecule has 3 aromatic rings. The molecule has 128 valence electrons. The lowest BCUT2D eigenvalue weighted by atomic mass is 9.88. The number of benzene rings is 2. The zero-order chi connectivity index (χ0) is 17.5. The Hall–Kier alpha value is -3.08. The minimum atomic E-state index is -0.244. The van der Waals surface area contributed by atoms with Crippen molar-refractivity contribution in [3.63, 3.8) is 0 Å². The number of amides is 2. The molecule has 3 rings (SSSR count). The molecular weight excluding hydrogens is 312 g/mol. The smallest absolute Gasteiger partial charge is 0.320 e. The molecule has 0 spiro atoms. The van der Waals surface area contributed by atoms with Crippen LogP contribution in [0, 0.1) is 6.92 Å². The summed E-state index contributed by atoms with van der Waals surface area (Å²) in [5, 5.41) is 12.4. The van der Waals surface area contributed by atoms with Gasteiger partial charge in [0.2, 0.25) is 0 Å². The number of hydrogen-bond donors (Lipinski definition) is 3. The summed E-state index contributed by atoms with van der Waals surface area (Å²) in [4.78, 5) is 12.0. The number of aryl methyl sites for hydroxylation is 1. The summed E-state index contributed by atoms with van der Waals surface area (Å²) in [6.07, 6.45) is 0.820. The summed E-state index contributed by atoms with van der Waals surface area (Å²) in [6.45, 7) is 2.46. The summed E-state index contributed by atoms with van der Waals surface area (Å²) >= 11 is 0. The van der Waals surface area contributed by atoms with E-state index in [2.05, 4.69) is 45.1 Å². The monoisotopic (exact) mass is 334 g/mol. The highest BCUT2D eigenvalue weighted by Crippen LogP contribution is 2.27. The van der Waals surface area contributed by atoms with Crippen molar-refractivity contribution in [2.45, 2.75) is 19.3 Å². The fourth-order valence-corrected chi connectivity index (χ4v) is 2.87. The molecule has 0 saturated carbocycles. The third kappa shape index (κ3) is 4.70. The van der Waals surface area contributed by atoms with Gasteiger partial charge in [-0.15, -0.1) is 0 Å². The van der Waals surface area contributed by atoms with Crippen molar-refractivity contribution in [1.29, 1.82) is 0 Å². The van der Waals surface area contributed by atoms with Crippen LogP contribution in [0.2, 0.25) is 0 Å². The molecule has 0 unspecified atom stereocenters. The fraction of sp³-hybridized carbons (Fsp3) is 0.200. The molecule has 0 aliphatic rings. The normalized spacial score (nSPS) is 10.6. The Balaban J connectivity index is 1.60. The number of nitrogens with one attached hydrogen (secondary N) is 3. The highest BCUT2D eigenvalue weighted by Gasteiger charge is 2.14. The van der Waals surface area contributed by atoms with Crippen LogP contribution in [0.25, 0.3) is 0 Å². The third-order valence-electron chi connectivity index (χ3n) is 4.07. The van der Waals surface area contributed by atoms with Crippen LogP contribution in [-0.4, -0.2) is 22.8 Å². The number of aromatic amines is 1. The summed E-state index contributed by atoms with van der Waals surface area (Å²) in [6, 6.07) is 22.3. The summed E-state index contributed by atoms with van der Waals surface area (Å²) < 4.78 is 0. The van der Waals surface area contributed by atoms with E-state index in [-0.39, 0.29) is 11.9 Å². The molecule has 0 fully saturated rings. The quantitative estimate of drug-likeness (QED) is 0.636. The molecule has 25 heavy (non-hydrogen) atoms. The van der Waals surface area contributed by atoms with E-state index in [9.17, 15) is 4.79 Å². The fourth-order valence-electron chi connectivity index (χ4n) is 2.87. The van der Waals surface area contributed by atoms with Crippen LogP contribution in [0.4, 0.5) is 10.6 Å². The molecule has 0 aliphatic carbocycles. The lowest BCUT2D eigenvalue weighted by Gasteiger charge is -2.18. The van der Waals surface area contributed by atoms with E-state index in [1.807, 2.05) is 43.3 Å². The van der Waals surface area contributed by atoms with Crippen molar-refractivity contribution in [2.75, 3.05) is 11.9 Å². The van der Waals surface area contributed by atoms with Crippen LogP contribution < -0.4 is 10.6 Å². The zero-order valence-electron chi connectivity index (χ0n) is 14.2. The number of carbonyl (C=O) groups excluding carboxylic acids is 1. The van der Waals surface area contributed by atoms with Crippen molar-refractivity contribution in [2.24, 2.45) is 0 Å². The predicted octanol–water partition coefficient (Wildman–Crippen LogP) is 4.06. The van der Waals surface area contributed by atoms with Crippen molar-refractivity contribution in [3.05, 3.63) is 83.6 Å². The number of aromatic nitrogens is 2. The molecule has 0 saturated heterocycles. The summed E-state index contributed by atoms with van der Waals surface area (Å²) in [5.74, 6) is 0.771.